The second-order valence-corrected chi connectivity index (χ2v) is 6.15. The first kappa shape index (κ1) is 15.1. The summed E-state index contributed by atoms with van der Waals surface area (Å²) in [6.45, 7) is 3.80. The molecule has 3 heteroatoms. The van der Waals surface area contributed by atoms with Gasteiger partial charge in [0.05, 0.1) is 7.11 Å². The second kappa shape index (κ2) is 6.11. The summed E-state index contributed by atoms with van der Waals surface area (Å²) in [6.07, 6.45) is 0. The van der Waals surface area contributed by atoms with E-state index in [1.807, 2.05) is 12.1 Å². The summed E-state index contributed by atoms with van der Waals surface area (Å²) in [7, 11) is 3.87. The molecule has 0 fully saturated rings. The molecule has 0 saturated carbocycles. The molecule has 0 aromatic heterocycles. The van der Waals surface area contributed by atoms with Gasteiger partial charge in [-0.1, -0.05) is 35.9 Å². The Labute approximate surface area is 132 Å². The Hall–Kier alpha value is -1.84. The number of likely N-dealkylation sites (N-methyl/N-ethyl adjacent to an activating group) is 1. The molecular weight excluding hydrogens is 272 g/mol. The Morgan fingerprint density at radius 3 is 2.50 bits per heavy atom. The summed E-state index contributed by atoms with van der Waals surface area (Å²) in [5.74, 6) is 1.28. The Morgan fingerprint density at radius 1 is 1.14 bits per heavy atom. The van der Waals surface area contributed by atoms with Crippen molar-refractivity contribution in [3.8, 4) is 5.75 Å². The molecule has 3 nitrogen and oxygen atoms in total. The summed E-state index contributed by atoms with van der Waals surface area (Å²) < 4.78 is 5.27. The van der Waals surface area contributed by atoms with E-state index in [-0.39, 0.29) is 0 Å². The van der Waals surface area contributed by atoms with Gasteiger partial charge in [0.15, 0.2) is 0 Å². The molecule has 2 unspecified atom stereocenters. The van der Waals surface area contributed by atoms with Gasteiger partial charge in [-0.05, 0) is 42.8 Å². The van der Waals surface area contributed by atoms with Gasteiger partial charge in [0, 0.05) is 25.0 Å². The Morgan fingerprint density at radius 2 is 1.86 bits per heavy atom. The predicted molar refractivity (Wildman–Crippen MR) is 90.4 cm³/mol. The predicted octanol–water partition coefficient (Wildman–Crippen LogP) is 3.08. The van der Waals surface area contributed by atoms with Gasteiger partial charge in [0.2, 0.25) is 0 Å². The number of fused-ring (bicyclic) bond motifs is 1. The molecular formula is C19H24N2O. The maximum absolute atomic E-state index is 6.01. The van der Waals surface area contributed by atoms with E-state index in [0.29, 0.717) is 18.5 Å². The van der Waals surface area contributed by atoms with Crippen molar-refractivity contribution >= 4 is 0 Å². The molecule has 0 spiro atoms. The molecule has 116 valence electrons. The lowest BCUT2D eigenvalue weighted by atomic mass is 9.81. The Bertz CT molecular complexity index is 651. The fourth-order valence-electron chi connectivity index (χ4n) is 3.48. The molecule has 1 heterocycles. The van der Waals surface area contributed by atoms with E-state index < -0.39 is 0 Å². The molecule has 1 aliphatic heterocycles. The van der Waals surface area contributed by atoms with Gasteiger partial charge < -0.3 is 10.5 Å². The van der Waals surface area contributed by atoms with E-state index in [1.165, 1.54) is 22.3 Å². The maximum atomic E-state index is 6.01. The molecule has 2 aromatic carbocycles. The van der Waals surface area contributed by atoms with E-state index in [2.05, 4.69) is 49.2 Å². The minimum absolute atomic E-state index is 0.310. The summed E-state index contributed by atoms with van der Waals surface area (Å²) in [5, 5.41) is 0. The van der Waals surface area contributed by atoms with Gasteiger partial charge in [-0.3, -0.25) is 4.90 Å². The number of nitrogens with two attached hydrogens (primary N) is 1. The third-order valence-corrected chi connectivity index (χ3v) is 4.72. The van der Waals surface area contributed by atoms with Crippen LogP contribution in [0.2, 0.25) is 0 Å². The Balaban J connectivity index is 2.06. The molecule has 3 rings (SSSR count). The first-order valence-corrected chi connectivity index (χ1v) is 7.78. The highest BCUT2D eigenvalue weighted by atomic mass is 16.5. The van der Waals surface area contributed by atoms with E-state index in [1.54, 1.807) is 7.11 Å². The topological polar surface area (TPSA) is 38.5 Å². The molecule has 0 amide bonds. The summed E-state index contributed by atoms with van der Waals surface area (Å²) in [5.41, 5.74) is 11.4. The SMILES string of the molecule is COc1ccc(C2CN(C)C(CN)c3ccc(C)cc32)cc1. The zero-order chi connectivity index (χ0) is 15.7. The minimum Gasteiger partial charge on any atom is -0.497 e. The number of methoxy groups -OCH3 is 1. The molecule has 0 radical (unpaired) electrons. The van der Waals surface area contributed by atoms with Crippen LogP contribution < -0.4 is 10.5 Å². The quantitative estimate of drug-likeness (QED) is 0.946. The highest BCUT2D eigenvalue weighted by Crippen LogP contribution is 2.39. The average molecular weight is 296 g/mol. The van der Waals surface area contributed by atoms with Crippen LogP contribution in [0, 0.1) is 6.92 Å². The molecule has 22 heavy (non-hydrogen) atoms. The third kappa shape index (κ3) is 2.62. The zero-order valence-electron chi connectivity index (χ0n) is 13.5. The summed E-state index contributed by atoms with van der Waals surface area (Å²) >= 11 is 0. The van der Waals surface area contributed by atoms with Crippen molar-refractivity contribution in [1.29, 1.82) is 0 Å². The summed E-state index contributed by atoms with van der Waals surface area (Å²) in [4.78, 5) is 2.37. The molecule has 0 saturated heterocycles. The van der Waals surface area contributed by atoms with Crippen molar-refractivity contribution < 1.29 is 4.74 Å². The van der Waals surface area contributed by atoms with Crippen LogP contribution >= 0.6 is 0 Å². The van der Waals surface area contributed by atoms with Crippen molar-refractivity contribution in [2.75, 3.05) is 27.2 Å². The van der Waals surface area contributed by atoms with Crippen LogP contribution in [0.4, 0.5) is 0 Å². The lowest BCUT2D eigenvalue weighted by Gasteiger charge is -2.39. The number of benzene rings is 2. The van der Waals surface area contributed by atoms with Crippen molar-refractivity contribution in [2.24, 2.45) is 5.73 Å². The van der Waals surface area contributed by atoms with Crippen LogP contribution in [0.3, 0.4) is 0 Å². The number of hydrogen-bond acceptors (Lipinski definition) is 3. The first-order chi connectivity index (χ1) is 10.6. The van der Waals surface area contributed by atoms with E-state index >= 15 is 0 Å². The fourth-order valence-corrected chi connectivity index (χ4v) is 3.48. The van der Waals surface area contributed by atoms with Gasteiger partial charge in [-0.15, -0.1) is 0 Å². The lowest BCUT2D eigenvalue weighted by molar-refractivity contribution is 0.223. The van der Waals surface area contributed by atoms with Gasteiger partial charge >= 0.3 is 0 Å². The largest absolute Gasteiger partial charge is 0.497 e. The van der Waals surface area contributed by atoms with E-state index in [0.717, 1.165) is 12.3 Å². The van der Waals surface area contributed by atoms with Crippen molar-refractivity contribution in [3.63, 3.8) is 0 Å². The van der Waals surface area contributed by atoms with Crippen LogP contribution in [0.1, 0.15) is 34.2 Å². The lowest BCUT2D eigenvalue weighted by Crippen LogP contribution is -2.39. The standard InChI is InChI=1S/C19H24N2O/c1-13-4-9-16-17(10-13)18(12-21(2)19(16)11-20)14-5-7-15(22-3)8-6-14/h4-10,18-19H,11-12,20H2,1-3H3. The molecule has 1 aliphatic rings. The van der Waals surface area contributed by atoms with Crippen LogP contribution in [0.5, 0.6) is 5.75 Å². The smallest absolute Gasteiger partial charge is 0.118 e. The summed E-state index contributed by atoms with van der Waals surface area (Å²) in [6, 6.07) is 15.5. The molecule has 2 N–H and O–H groups in total. The highest BCUT2D eigenvalue weighted by molar-refractivity contribution is 5.45. The highest BCUT2D eigenvalue weighted by Gasteiger charge is 2.31. The fraction of sp³-hybridized carbons (Fsp3) is 0.368. The van der Waals surface area contributed by atoms with Gasteiger partial charge in [0.25, 0.3) is 0 Å². The third-order valence-electron chi connectivity index (χ3n) is 4.72. The van der Waals surface area contributed by atoms with Crippen LogP contribution in [-0.2, 0) is 0 Å². The van der Waals surface area contributed by atoms with Gasteiger partial charge in [-0.2, -0.15) is 0 Å². The Kier molecular flexibility index (Phi) is 4.19. The number of hydrogen-bond donors (Lipinski definition) is 1. The van der Waals surface area contributed by atoms with Crippen molar-refractivity contribution in [3.05, 3.63) is 64.7 Å². The molecule has 0 bridgehead atoms. The van der Waals surface area contributed by atoms with Crippen molar-refractivity contribution in [2.45, 2.75) is 18.9 Å². The molecule has 2 atom stereocenters. The number of rotatable bonds is 3. The normalized spacial score (nSPS) is 21.5. The maximum Gasteiger partial charge on any atom is 0.118 e. The monoisotopic (exact) mass is 296 g/mol. The van der Waals surface area contributed by atoms with E-state index in [9.17, 15) is 0 Å². The molecule has 2 aromatic rings. The van der Waals surface area contributed by atoms with Crippen LogP contribution in [-0.4, -0.2) is 32.1 Å². The second-order valence-electron chi connectivity index (χ2n) is 6.15. The van der Waals surface area contributed by atoms with Gasteiger partial charge in [-0.25, -0.2) is 0 Å². The average Bonchev–Trinajstić information content (AvgIpc) is 2.54. The van der Waals surface area contributed by atoms with Crippen LogP contribution in [0.15, 0.2) is 42.5 Å². The minimum atomic E-state index is 0.310. The number of ether oxygens (including phenoxy) is 1. The van der Waals surface area contributed by atoms with Crippen LogP contribution in [0.25, 0.3) is 0 Å². The number of nitrogens with zero attached hydrogens (tertiary/aromatic N) is 1. The first-order valence-electron chi connectivity index (χ1n) is 7.78. The van der Waals surface area contributed by atoms with Crippen molar-refractivity contribution in [1.82, 2.24) is 4.90 Å². The van der Waals surface area contributed by atoms with Gasteiger partial charge in [0.1, 0.15) is 5.75 Å². The zero-order valence-corrected chi connectivity index (χ0v) is 13.5. The number of aryl methyl sites for hydroxylation is 1. The molecule has 0 aliphatic carbocycles. The van der Waals surface area contributed by atoms with E-state index in [4.69, 9.17) is 10.5 Å².